The molecule has 0 saturated heterocycles. The number of para-hydroxylation sites is 1. The predicted octanol–water partition coefficient (Wildman–Crippen LogP) is 2.30. The Bertz CT molecular complexity index is 368. The van der Waals surface area contributed by atoms with E-state index in [0.717, 1.165) is 5.69 Å². The first-order valence-corrected chi connectivity index (χ1v) is 4.35. The lowest BCUT2D eigenvalue weighted by atomic mass is 10.00. The van der Waals surface area contributed by atoms with Gasteiger partial charge in [0.2, 0.25) is 5.91 Å². The monoisotopic (exact) mass is 173 g/mol. The zero-order chi connectivity index (χ0) is 9.26. The molecule has 1 heterocycles. The van der Waals surface area contributed by atoms with Crippen LogP contribution in [-0.2, 0) is 4.79 Å². The second kappa shape index (κ2) is 3.05. The highest BCUT2D eigenvalue weighted by Crippen LogP contribution is 2.27. The highest BCUT2D eigenvalue weighted by atomic mass is 16.1. The zero-order valence-corrected chi connectivity index (χ0v) is 7.45. The number of anilines is 1. The Morgan fingerprint density at radius 1 is 1.31 bits per heavy atom. The van der Waals surface area contributed by atoms with E-state index in [9.17, 15) is 4.79 Å². The maximum Gasteiger partial charge on any atom is 0.248 e. The molecule has 13 heavy (non-hydrogen) atoms. The molecule has 2 heteroatoms. The molecule has 1 unspecified atom stereocenters. The minimum atomic E-state index is -0.0446. The summed E-state index contributed by atoms with van der Waals surface area (Å²) < 4.78 is 0. The van der Waals surface area contributed by atoms with Crippen molar-refractivity contribution in [3.63, 3.8) is 0 Å². The van der Waals surface area contributed by atoms with E-state index < -0.39 is 0 Å². The van der Waals surface area contributed by atoms with Gasteiger partial charge in [0.1, 0.15) is 0 Å². The summed E-state index contributed by atoms with van der Waals surface area (Å²) in [6.07, 6.45) is 3.51. The van der Waals surface area contributed by atoms with Crippen LogP contribution in [0.2, 0.25) is 0 Å². The van der Waals surface area contributed by atoms with Gasteiger partial charge >= 0.3 is 0 Å². The molecule has 2 rings (SSSR count). The Morgan fingerprint density at radius 2 is 2.08 bits per heavy atom. The SMILES string of the molecule is CC1C=CC(=O)Nc2ccccc21. The molecule has 1 aliphatic rings. The van der Waals surface area contributed by atoms with Crippen molar-refractivity contribution in [1.82, 2.24) is 0 Å². The van der Waals surface area contributed by atoms with Crippen LogP contribution in [0.5, 0.6) is 0 Å². The lowest BCUT2D eigenvalue weighted by Gasteiger charge is -2.09. The number of hydrogen-bond donors (Lipinski definition) is 1. The number of hydrogen-bond acceptors (Lipinski definition) is 1. The summed E-state index contributed by atoms with van der Waals surface area (Å²) in [6, 6.07) is 7.88. The van der Waals surface area contributed by atoms with E-state index in [1.807, 2.05) is 30.3 Å². The number of amides is 1. The lowest BCUT2D eigenvalue weighted by molar-refractivity contribution is -0.111. The number of nitrogens with one attached hydrogen (secondary N) is 1. The van der Waals surface area contributed by atoms with Crippen molar-refractivity contribution < 1.29 is 4.79 Å². The maximum absolute atomic E-state index is 11.2. The van der Waals surface area contributed by atoms with Crippen molar-refractivity contribution in [3.05, 3.63) is 42.0 Å². The molecule has 0 aromatic heterocycles. The quantitative estimate of drug-likeness (QED) is 0.640. The van der Waals surface area contributed by atoms with Crippen LogP contribution in [0, 0.1) is 0 Å². The van der Waals surface area contributed by atoms with E-state index in [4.69, 9.17) is 0 Å². The largest absolute Gasteiger partial charge is 0.322 e. The van der Waals surface area contributed by atoms with Gasteiger partial charge in [0, 0.05) is 11.6 Å². The minimum absolute atomic E-state index is 0.0446. The predicted molar refractivity (Wildman–Crippen MR) is 52.6 cm³/mol. The molecule has 1 amide bonds. The molecule has 1 atom stereocenters. The number of fused-ring (bicyclic) bond motifs is 1. The fourth-order valence-electron chi connectivity index (χ4n) is 1.52. The van der Waals surface area contributed by atoms with Gasteiger partial charge in [0.15, 0.2) is 0 Å². The fraction of sp³-hybridized carbons (Fsp3) is 0.182. The Balaban J connectivity index is 2.51. The molecule has 0 saturated carbocycles. The van der Waals surface area contributed by atoms with Gasteiger partial charge < -0.3 is 5.32 Å². The van der Waals surface area contributed by atoms with Gasteiger partial charge in [-0.1, -0.05) is 31.2 Å². The molecule has 1 N–H and O–H groups in total. The van der Waals surface area contributed by atoms with Crippen LogP contribution in [-0.4, -0.2) is 5.91 Å². The Morgan fingerprint density at radius 3 is 2.92 bits per heavy atom. The van der Waals surface area contributed by atoms with Gasteiger partial charge in [-0.25, -0.2) is 0 Å². The highest BCUT2D eigenvalue weighted by molar-refractivity contribution is 6.00. The average Bonchev–Trinajstić information content (AvgIpc) is 2.27. The number of allylic oxidation sites excluding steroid dienone is 1. The van der Waals surface area contributed by atoms with E-state index in [0.29, 0.717) is 5.92 Å². The van der Waals surface area contributed by atoms with Gasteiger partial charge in [0.25, 0.3) is 0 Å². The first-order chi connectivity index (χ1) is 6.27. The number of carbonyl (C=O) groups excluding carboxylic acids is 1. The van der Waals surface area contributed by atoms with Gasteiger partial charge in [-0.3, -0.25) is 4.79 Å². The van der Waals surface area contributed by atoms with Gasteiger partial charge in [-0.05, 0) is 17.7 Å². The molecule has 0 radical (unpaired) electrons. The van der Waals surface area contributed by atoms with Crippen molar-refractivity contribution >= 4 is 11.6 Å². The second-order valence-corrected chi connectivity index (χ2v) is 3.22. The van der Waals surface area contributed by atoms with E-state index in [-0.39, 0.29) is 5.91 Å². The summed E-state index contributed by atoms with van der Waals surface area (Å²) >= 11 is 0. The normalized spacial score (nSPS) is 20.4. The third-order valence-electron chi connectivity index (χ3n) is 2.25. The van der Waals surface area contributed by atoms with Crippen molar-refractivity contribution in [2.75, 3.05) is 5.32 Å². The van der Waals surface area contributed by atoms with Crippen LogP contribution < -0.4 is 5.32 Å². The Hall–Kier alpha value is -1.57. The van der Waals surface area contributed by atoms with Crippen molar-refractivity contribution in [2.45, 2.75) is 12.8 Å². The number of rotatable bonds is 0. The fourth-order valence-corrected chi connectivity index (χ4v) is 1.52. The molecule has 0 aliphatic carbocycles. The van der Waals surface area contributed by atoms with Crippen LogP contribution in [0.25, 0.3) is 0 Å². The third-order valence-corrected chi connectivity index (χ3v) is 2.25. The summed E-state index contributed by atoms with van der Waals surface area (Å²) in [5, 5.41) is 2.83. The first kappa shape index (κ1) is 8.05. The van der Waals surface area contributed by atoms with E-state index in [1.165, 1.54) is 5.56 Å². The lowest BCUT2D eigenvalue weighted by Crippen LogP contribution is -2.07. The molecule has 1 aromatic carbocycles. The van der Waals surface area contributed by atoms with Gasteiger partial charge in [0.05, 0.1) is 0 Å². The summed E-state index contributed by atoms with van der Waals surface area (Å²) in [5.41, 5.74) is 2.09. The zero-order valence-electron chi connectivity index (χ0n) is 7.45. The van der Waals surface area contributed by atoms with Crippen LogP contribution in [0.4, 0.5) is 5.69 Å². The van der Waals surface area contributed by atoms with E-state index in [1.54, 1.807) is 6.08 Å². The van der Waals surface area contributed by atoms with Crippen LogP contribution in [0.1, 0.15) is 18.4 Å². The second-order valence-electron chi connectivity index (χ2n) is 3.22. The van der Waals surface area contributed by atoms with E-state index in [2.05, 4.69) is 12.2 Å². The van der Waals surface area contributed by atoms with Crippen molar-refractivity contribution in [1.29, 1.82) is 0 Å². The Labute approximate surface area is 77.3 Å². The number of carbonyl (C=O) groups is 1. The summed E-state index contributed by atoms with van der Waals surface area (Å²) in [5.74, 6) is 0.256. The topological polar surface area (TPSA) is 29.1 Å². The molecule has 1 aliphatic heterocycles. The standard InChI is InChI=1S/C11H11NO/c1-8-6-7-11(13)12-10-5-3-2-4-9(8)10/h2-8H,1H3,(H,12,13). The molecule has 66 valence electrons. The highest BCUT2D eigenvalue weighted by Gasteiger charge is 2.12. The molecule has 1 aromatic rings. The van der Waals surface area contributed by atoms with E-state index >= 15 is 0 Å². The smallest absolute Gasteiger partial charge is 0.248 e. The number of benzene rings is 1. The maximum atomic E-state index is 11.2. The molecular weight excluding hydrogens is 162 g/mol. The molecule has 2 nitrogen and oxygen atoms in total. The van der Waals surface area contributed by atoms with Crippen LogP contribution >= 0.6 is 0 Å². The summed E-state index contributed by atoms with van der Waals surface area (Å²) in [4.78, 5) is 11.2. The van der Waals surface area contributed by atoms with Crippen molar-refractivity contribution in [2.24, 2.45) is 0 Å². The molecule has 0 fully saturated rings. The summed E-state index contributed by atoms with van der Waals surface area (Å²) in [6.45, 7) is 2.08. The average molecular weight is 173 g/mol. The summed E-state index contributed by atoms with van der Waals surface area (Å²) in [7, 11) is 0. The first-order valence-electron chi connectivity index (χ1n) is 4.35. The Kier molecular flexibility index (Phi) is 1.89. The van der Waals surface area contributed by atoms with Crippen LogP contribution in [0.15, 0.2) is 36.4 Å². The minimum Gasteiger partial charge on any atom is -0.322 e. The molecular formula is C11H11NO. The third kappa shape index (κ3) is 1.47. The molecule has 0 spiro atoms. The van der Waals surface area contributed by atoms with Gasteiger partial charge in [-0.15, -0.1) is 0 Å². The molecule has 0 bridgehead atoms. The van der Waals surface area contributed by atoms with Gasteiger partial charge in [-0.2, -0.15) is 0 Å². The van der Waals surface area contributed by atoms with Crippen LogP contribution in [0.3, 0.4) is 0 Å². The van der Waals surface area contributed by atoms with Crippen molar-refractivity contribution in [3.8, 4) is 0 Å².